The summed E-state index contributed by atoms with van der Waals surface area (Å²) in [6, 6.07) is 23.9. The van der Waals surface area contributed by atoms with Crippen LogP contribution in [-0.2, 0) is 4.12 Å². The molecule has 2 aromatic rings. The van der Waals surface area contributed by atoms with E-state index in [9.17, 15) is 0 Å². The third-order valence-corrected chi connectivity index (χ3v) is 14.0. The first-order chi connectivity index (χ1) is 10.0. The van der Waals surface area contributed by atoms with Crippen LogP contribution in [0, 0.1) is 0 Å². The van der Waals surface area contributed by atoms with E-state index in [1.54, 1.807) is 0 Å². The highest BCUT2D eigenvalue weighted by molar-refractivity contribution is 6.97. The fraction of sp³-hybridized carbons (Fsp3) is 0.333. The summed E-state index contributed by atoms with van der Waals surface area (Å²) in [7, 11) is -3.75. The van der Waals surface area contributed by atoms with Gasteiger partial charge in [0.2, 0.25) is 16.6 Å². The number of hydrogen-bond acceptors (Lipinski definition) is 1. The van der Waals surface area contributed by atoms with E-state index in [2.05, 4.69) is 87.6 Å². The summed E-state index contributed by atoms with van der Waals surface area (Å²) < 4.78 is 6.97. The van der Waals surface area contributed by atoms with Crippen LogP contribution in [0.5, 0.6) is 0 Å². The van der Waals surface area contributed by atoms with Crippen molar-refractivity contribution in [3.05, 3.63) is 60.7 Å². The van der Waals surface area contributed by atoms with Gasteiger partial charge in [-0.15, -0.1) is 0 Å². The molecule has 0 fully saturated rings. The molecule has 0 aliphatic rings. The van der Waals surface area contributed by atoms with Crippen molar-refractivity contribution in [2.45, 2.75) is 39.0 Å². The number of hydrogen-bond donors (Lipinski definition) is 0. The van der Waals surface area contributed by atoms with Gasteiger partial charge in [-0.2, -0.15) is 0 Å². The summed E-state index contributed by atoms with van der Waals surface area (Å²) >= 11 is 0. The SMILES string of the molecule is CC[Si](C)(O[Si](C)(CC)c1ccccc1)c1ccccc1. The number of benzene rings is 2. The molecule has 0 amide bonds. The van der Waals surface area contributed by atoms with Crippen molar-refractivity contribution in [2.75, 3.05) is 0 Å². The molecule has 1 nitrogen and oxygen atoms in total. The molecule has 0 heterocycles. The fourth-order valence-electron chi connectivity index (χ4n) is 2.75. The van der Waals surface area contributed by atoms with Crippen molar-refractivity contribution >= 4 is 27.0 Å². The first kappa shape index (κ1) is 16.2. The Morgan fingerprint density at radius 1 is 0.667 bits per heavy atom. The molecule has 2 atom stereocenters. The van der Waals surface area contributed by atoms with Crippen LogP contribution in [0.15, 0.2) is 60.7 Å². The molecule has 0 N–H and O–H groups in total. The maximum absolute atomic E-state index is 6.97. The van der Waals surface area contributed by atoms with Crippen LogP contribution in [0.25, 0.3) is 0 Å². The molecule has 0 aromatic heterocycles. The summed E-state index contributed by atoms with van der Waals surface area (Å²) in [6.07, 6.45) is 0. The number of rotatable bonds is 6. The minimum absolute atomic E-state index is 1.12. The molecule has 0 spiro atoms. The fourth-order valence-corrected chi connectivity index (χ4v) is 11.4. The zero-order chi connectivity index (χ0) is 15.3. The largest absolute Gasteiger partial charge is 0.448 e. The van der Waals surface area contributed by atoms with Crippen LogP contribution in [0.3, 0.4) is 0 Å². The Hall–Kier alpha value is -1.17. The third-order valence-electron chi connectivity index (χ3n) is 4.57. The standard InChI is InChI=1S/C18H26OSi2/c1-5-20(3,17-13-9-7-10-14-17)19-21(4,6-2)18-15-11-8-12-16-18/h7-16H,5-6H2,1-4H3. The predicted octanol–water partition coefficient (Wildman–Crippen LogP) is 4.01. The lowest BCUT2D eigenvalue weighted by Gasteiger charge is -2.38. The van der Waals surface area contributed by atoms with Crippen LogP contribution < -0.4 is 10.4 Å². The zero-order valence-corrected chi connectivity index (χ0v) is 15.6. The average molecular weight is 315 g/mol. The summed E-state index contributed by atoms with van der Waals surface area (Å²) in [5.74, 6) is 0. The second-order valence-electron chi connectivity index (χ2n) is 6.00. The molecule has 2 rings (SSSR count). The smallest absolute Gasteiger partial charge is 0.209 e. The van der Waals surface area contributed by atoms with Crippen LogP contribution in [-0.4, -0.2) is 16.6 Å². The minimum atomic E-state index is -1.88. The Kier molecular flexibility index (Phi) is 5.19. The van der Waals surface area contributed by atoms with Gasteiger partial charge >= 0.3 is 0 Å². The van der Waals surface area contributed by atoms with Crippen molar-refractivity contribution in [3.63, 3.8) is 0 Å². The van der Waals surface area contributed by atoms with E-state index in [0.29, 0.717) is 0 Å². The second-order valence-corrected chi connectivity index (χ2v) is 14.3. The van der Waals surface area contributed by atoms with Crippen molar-refractivity contribution in [1.82, 2.24) is 0 Å². The second kappa shape index (κ2) is 6.73. The molecule has 112 valence electrons. The van der Waals surface area contributed by atoms with Crippen LogP contribution in [0.2, 0.25) is 25.2 Å². The molecule has 2 unspecified atom stereocenters. The maximum atomic E-state index is 6.97. The van der Waals surface area contributed by atoms with Gasteiger partial charge in [-0.1, -0.05) is 74.5 Å². The van der Waals surface area contributed by atoms with Crippen LogP contribution in [0.4, 0.5) is 0 Å². The lowest BCUT2D eigenvalue weighted by Crippen LogP contribution is -2.60. The summed E-state index contributed by atoms with van der Waals surface area (Å²) in [5.41, 5.74) is 0. The average Bonchev–Trinajstić information content (AvgIpc) is 2.56. The van der Waals surface area contributed by atoms with Gasteiger partial charge in [0.05, 0.1) is 0 Å². The molecule has 3 heteroatoms. The minimum Gasteiger partial charge on any atom is -0.448 e. The predicted molar refractivity (Wildman–Crippen MR) is 97.4 cm³/mol. The van der Waals surface area contributed by atoms with Crippen LogP contribution >= 0.6 is 0 Å². The van der Waals surface area contributed by atoms with Gasteiger partial charge in [0, 0.05) is 0 Å². The highest BCUT2D eigenvalue weighted by atomic mass is 28.4. The lowest BCUT2D eigenvalue weighted by atomic mass is 10.4. The van der Waals surface area contributed by atoms with Crippen molar-refractivity contribution in [3.8, 4) is 0 Å². The quantitative estimate of drug-likeness (QED) is 0.732. The molecule has 0 bridgehead atoms. The van der Waals surface area contributed by atoms with E-state index in [0.717, 1.165) is 12.1 Å². The van der Waals surface area contributed by atoms with E-state index >= 15 is 0 Å². The molecule has 2 aromatic carbocycles. The monoisotopic (exact) mass is 314 g/mol. The van der Waals surface area contributed by atoms with Gasteiger partial charge in [0.1, 0.15) is 0 Å². The Balaban J connectivity index is 2.36. The molecule has 0 aliphatic carbocycles. The van der Waals surface area contributed by atoms with Crippen molar-refractivity contribution in [1.29, 1.82) is 0 Å². The van der Waals surface area contributed by atoms with E-state index < -0.39 is 16.6 Å². The molecule has 0 saturated carbocycles. The van der Waals surface area contributed by atoms with Gasteiger partial charge in [0.25, 0.3) is 0 Å². The lowest BCUT2D eigenvalue weighted by molar-refractivity contribution is 0.556. The van der Waals surface area contributed by atoms with Gasteiger partial charge < -0.3 is 4.12 Å². The van der Waals surface area contributed by atoms with Gasteiger partial charge in [0.15, 0.2) is 0 Å². The van der Waals surface area contributed by atoms with Gasteiger partial charge in [-0.05, 0) is 35.6 Å². The zero-order valence-electron chi connectivity index (χ0n) is 13.6. The van der Waals surface area contributed by atoms with Crippen LogP contribution in [0.1, 0.15) is 13.8 Å². The summed E-state index contributed by atoms with van der Waals surface area (Å²) in [6.45, 7) is 9.28. The topological polar surface area (TPSA) is 9.23 Å². The molecular formula is C18H26OSi2. The Morgan fingerprint density at radius 2 is 1.00 bits per heavy atom. The van der Waals surface area contributed by atoms with E-state index in [1.165, 1.54) is 10.4 Å². The Morgan fingerprint density at radius 3 is 1.29 bits per heavy atom. The molecule has 0 radical (unpaired) electrons. The van der Waals surface area contributed by atoms with Crippen molar-refractivity contribution < 1.29 is 4.12 Å². The van der Waals surface area contributed by atoms with E-state index in [4.69, 9.17) is 4.12 Å². The highest BCUT2D eigenvalue weighted by Gasteiger charge is 2.39. The third kappa shape index (κ3) is 3.54. The van der Waals surface area contributed by atoms with Gasteiger partial charge in [-0.25, -0.2) is 0 Å². The first-order valence-electron chi connectivity index (χ1n) is 7.85. The van der Waals surface area contributed by atoms with Crippen molar-refractivity contribution in [2.24, 2.45) is 0 Å². The molecule has 21 heavy (non-hydrogen) atoms. The highest BCUT2D eigenvalue weighted by Crippen LogP contribution is 2.21. The van der Waals surface area contributed by atoms with Gasteiger partial charge in [-0.3, -0.25) is 0 Å². The molecular weight excluding hydrogens is 288 g/mol. The maximum Gasteiger partial charge on any atom is 0.209 e. The van der Waals surface area contributed by atoms with E-state index in [-0.39, 0.29) is 0 Å². The Bertz CT molecular complexity index is 506. The normalized spacial score (nSPS) is 17.0. The first-order valence-corrected chi connectivity index (χ1v) is 13.1. The molecule has 0 saturated heterocycles. The Labute approximate surface area is 131 Å². The summed E-state index contributed by atoms with van der Waals surface area (Å²) in [4.78, 5) is 0. The molecule has 0 aliphatic heterocycles. The van der Waals surface area contributed by atoms with E-state index in [1.807, 2.05) is 0 Å². The summed E-state index contributed by atoms with van der Waals surface area (Å²) in [5, 5.41) is 2.83.